The molecule has 6 heteroatoms. The van der Waals surface area contributed by atoms with Crippen LogP contribution >= 0.6 is 0 Å². The second-order valence-corrected chi connectivity index (χ2v) is 5.80. The van der Waals surface area contributed by atoms with Crippen LogP contribution in [0.15, 0.2) is 42.3 Å². The third-order valence-corrected chi connectivity index (χ3v) is 4.12. The zero-order valence-corrected chi connectivity index (χ0v) is 13.4. The molecule has 0 spiro atoms. The summed E-state index contributed by atoms with van der Waals surface area (Å²) in [6, 6.07) is 6.79. The Kier molecular flexibility index (Phi) is 6.42. The van der Waals surface area contributed by atoms with E-state index >= 15 is 0 Å². The molecule has 4 nitrogen and oxygen atoms in total. The summed E-state index contributed by atoms with van der Waals surface area (Å²) in [7, 11) is 0. The lowest BCUT2D eigenvalue weighted by molar-refractivity contribution is -0.140. The number of rotatable bonds is 4. The van der Waals surface area contributed by atoms with Crippen molar-refractivity contribution in [2.75, 3.05) is 0 Å². The largest absolute Gasteiger partial charge is 0.426 e. The number of hydrogen-bond donors (Lipinski definition) is 0. The Balaban J connectivity index is 1.86. The first-order chi connectivity index (χ1) is 12.0. The summed E-state index contributed by atoms with van der Waals surface area (Å²) in [4.78, 5) is 12.2. The Morgan fingerprint density at radius 2 is 1.96 bits per heavy atom. The highest BCUT2D eigenvalue weighted by molar-refractivity contribution is 5.75. The number of benzene rings is 1. The standard InChI is InChI=1S/C19H16F2N2O2/c20-16(12-23)3-1-2-13-4-6-14(7-5-13)19(24)25-17-9-8-15(11-22)18(21)10-17/h1-3,8-10,13-14H,4-7H2/t13-,14-. The number of allylic oxidation sites excluding steroid dienone is 4. The Bertz CT molecular complexity index is 780. The van der Waals surface area contributed by atoms with Crippen molar-refractivity contribution >= 4 is 5.97 Å². The van der Waals surface area contributed by atoms with Gasteiger partial charge in [0.25, 0.3) is 0 Å². The number of carbonyl (C=O) groups is 1. The number of hydrogen-bond acceptors (Lipinski definition) is 4. The van der Waals surface area contributed by atoms with E-state index in [9.17, 15) is 13.6 Å². The van der Waals surface area contributed by atoms with Crippen molar-refractivity contribution in [1.29, 1.82) is 10.5 Å². The van der Waals surface area contributed by atoms with E-state index in [0.717, 1.165) is 25.0 Å². The van der Waals surface area contributed by atoms with E-state index < -0.39 is 17.6 Å². The van der Waals surface area contributed by atoms with Crippen molar-refractivity contribution in [3.05, 3.63) is 53.6 Å². The molecule has 0 saturated heterocycles. The van der Waals surface area contributed by atoms with Crippen LogP contribution in [0, 0.1) is 40.3 Å². The summed E-state index contributed by atoms with van der Waals surface area (Å²) in [6.45, 7) is 0. The first kappa shape index (κ1) is 18.4. The topological polar surface area (TPSA) is 73.9 Å². The Hall–Kier alpha value is -2.99. The smallest absolute Gasteiger partial charge is 0.314 e. The van der Waals surface area contributed by atoms with E-state index in [2.05, 4.69) is 0 Å². The molecule has 0 radical (unpaired) electrons. The summed E-state index contributed by atoms with van der Waals surface area (Å²) in [5.41, 5.74) is -0.103. The van der Waals surface area contributed by atoms with Crippen LogP contribution < -0.4 is 4.74 Å². The van der Waals surface area contributed by atoms with Crippen molar-refractivity contribution in [3.8, 4) is 17.9 Å². The molecule has 0 amide bonds. The lowest BCUT2D eigenvalue weighted by atomic mass is 9.82. The van der Waals surface area contributed by atoms with E-state index in [1.54, 1.807) is 6.07 Å². The molecule has 1 aromatic carbocycles. The van der Waals surface area contributed by atoms with Crippen LogP contribution in [0.5, 0.6) is 5.75 Å². The van der Waals surface area contributed by atoms with Crippen LogP contribution in [-0.2, 0) is 4.79 Å². The van der Waals surface area contributed by atoms with E-state index in [1.165, 1.54) is 24.3 Å². The normalized spacial score (nSPS) is 20.7. The van der Waals surface area contributed by atoms with Gasteiger partial charge in [0, 0.05) is 6.07 Å². The molecule has 1 aromatic rings. The summed E-state index contributed by atoms with van der Waals surface area (Å²) < 4.78 is 31.4. The van der Waals surface area contributed by atoms with Crippen LogP contribution in [0.3, 0.4) is 0 Å². The SMILES string of the molecule is N#CC(F)=CC=C[C@H]1CC[C@H](C(=O)Oc2ccc(C#N)c(F)c2)CC1. The number of nitriles is 2. The predicted octanol–water partition coefficient (Wildman–Crippen LogP) is 4.34. The molecular weight excluding hydrogens is 326 g/mol. The summed E-state index contributed by atoms with van der Waals surface area (Å²) in [5, 5.41) is 17.0. The van der Waals surface area contributed by atoms with Gasteiger partial charge in [0.15, 0.2) is 5.83 Å². The first-order valence-electron chi connectivity index (χ1n) is 7.89. The average molecular weight is 342 g/mol. The molecule has 0 atom stereocenters. The van der Waals surface area contributed by atoms with Gasteiger partial charge in [0.1, 0.15) is 23.7 Å². The lowest BCUT2D eigenvalue weighted by Crippen LogP contribution is -2.25. The molecule has 2 rings (SSSR count). The highest BCUT2D eigenvalue weighted by atomic mass is 19.1. The Labute approximate surface area is 144 Å². The second-order valence-electron chi connectivity index (χ2n) is 5.80. The minimum absolute atomic E-state index is 0.0839. The molecular formula is C19H16F2N2O2. The van der Waals surface area contributed by atoms with Crippen LogP contribution in [0.25, 0.3) is 0 Å². The van der Waals surface area contributed by atoms with Crippen molar-refractivity contribution in [3.63, 3.8) is 0 Å². The van der Waals surface area contributed by atoms with E-state index in [1.807, 2.05) is 6.08 Å². The van der Waals surface area contributed by atoms with Gasteiger partial charge in [0.05, 0.1) is 11.5 Å². The molecule has 0 heterocycles. The van der Waals surface area contributed by atoms with Crippen LogP contribution in [0.1, 0.15) is 31.2 Å². The molecule has 0 N–H and O–H groups in total. The molecule has 0 aliphatic heterocycles. The zero-order valence-electron chi connectivity index (χ0n) is 13.4. The van der Waals surface area contributed by atoms with Crippen molar-refractivity contribution < 1.29 is 18.3 Å². The monoisotopic (exact) mass is 342 g/mol. The second kappa shape index (κ2) is 8.75. The average Bonchev–Trinajstić information content (AvgIpc) is 2.62. The predicted molar refractivity (Wildman–Crippen MR) is 86.1 cm³/mol. The number of carbonyl (C=O) groups excluding carboxylic acids is 1. The number of esters is 1. The minimum Gasteiger partial charge on any atom is -0.426 e. The van der Waals surface area contributed by atoms with Gasteiger partial charge in [-0.15, -0.1) is 0 Å². The van der Waals surface area contributed by atoms with Crippen molar-refractivity contribution in [2.24, 2.45) is 11.8 Å². The highest BCUT2D eigenvalue weighted by Crippen LogP contribution is 2.31. The van der Waals surface area contributed by atoms with Crippen molar-refractivity contribution in [1.82, 2.24) is 0 Å². The lowest BCUT2D eigenvalue weighted by Gasteiger charge is -2.25. The molecule has 1 aliphatic carbocycles. The van der Waals surface area contributed by atoms with Gasteiger partial charge in [0.2, 0.25) is 0 Å². The maximum Gasteiger partial charge on any atom is 0.314 e. The maximum atomic E-state index is 13.5. The molecule has 128 valence electrons. The number of halogens is 2. The molecule has 1 aliphatic rings. The third-order valence-electron chi connectivity index (χ3n) is 4.12. The van der Waals surface area contributed by atoms with E-state index in [-0.39, 0.29) is 23.1 Å². The molecule has 0 unspecified atom stereocenters. The fraction of sp³-hybridized carbons (Fsp3) is 0.316. The van der Waals surface area contributed by atoms with Gasteiger partial charge in [-0.05, 0) is 49.8 Å². The van der Waals surface area contributed by atoms with Crippen LogP contribution in [-0.4, -0.2) is 5.97 Å². The molecule has 0 aromatic heterocycles. The molecule has 1 fully saturated rings. The summed E-state index contributed by atoms with van der Waals surface area (Å²) >= 11 is 0. The summed E-state index contributed by atoms with van der Waals surface area (Å²) in [6.07, 6.45) is 7.20. The fourth-order valence-electron chi connectivity index (χ4n) is 2.73. The van der Waals surface area contributed by atoms with Gasteiger partial charge >= 0.3 is 5.97 Å². The van der Waals surface area contributed by atoms with Gasteiger partial charge in [-0.2, -0.15) is 14.9 Å². The Morgan fingerprint density at radius 1 is 1.24 bits per heavy atom. The Morgan fingerprint density at radius 3 is 2.56 bits per heavy atom. The first-order valence-corrected chi connectivity index (χ1v) is 7.89. The van der Waals surface area contributed by atoms with Crippen LogP contribution in [0.2, 0.25) is 0 Å². The van der Waals surface area contributed by atoms with Gasteiger partial charge in [-0.25, -0.2) is 4.39 Å². The third kappa shape index (κ3) is 5.26. The minimum atomic E-state index is -0.844. The number of nitrogens with zero attached hydrogens (tertiary/aromatic N) is 2. The molecule has 25 heavy (non-hydrogen) atoms. The maximum absolute atomic E-state index is 13.5. The summed E-state index contributed by atoms with van der Waals surface area (Å²) in [5.74, 6) is -1.95. The van der Waals surface area contributed by atoms with E-state index in [4.69, 9.17) is 15.3 Å². The van der Waals surface area contributed by atoms with Gasteiger partial charge in [-0.1, -0.05) is 12.2 Å². The molecule has 1 saturated carbocycles. The quantitative estimate of drug-likeness (QED) is 0.353. The highest BCUT2D eigenvalue weighted by Gasteiger charge is 2.26. The zero-order chi connectivity index (χ0) is 18.2. The fourth-order valence-corrected chi connectivity index (χ4v) is 2.73. The van der Waals surface area contributed by atoms with Crippen LogP contribution in [0.4, 0.5) is 8.78 Å². The molecule has 0 bridgehead atoms. The number of ether oxygens (including phenoxy) is 1. The van der Waals surface area contributed by atoms with E-state index in [0.29, 0.717) is 12.8 Å². The van der Waals surface area contributed by atoms with Gasteiger partial charge in [-0.3, -0.25) is 4.79 Å². The van der Waals surface area contributed by atoms with Crippen molar-refractivity contribution in [2.45, 2.75) is 25.7 Å². The van der Waals surface area contributed by atoms with Gasteiger partial charge < -0.3 is 4.74 Å².